The maximum Gasteiger partial charge on any atom is 0.269 e. The molecule has 31 heavy (non-hydrogen) atoms. The van der Waals surface area contributed by atoms with Crippen molar-refractivity contribution >= 4 is 16.8 Å². The molecule has 0 radical (unpaired) electrons. The van der Waals surface area contributed by atoms with Gasteiger partial charge in [0.1, 0.15) is 17.5 Å². The van der Waals surface area contributed by atoms with Crippen molar-refractivity contribution in [3.8, 4) is 22.9 Å². The number of pyridine rings is 1. The van der Waals surface area contributed by atoms with Gasteiger partial charge in [0, 0.05) is 48.6 Å². The number of fused-ring (bicyclic) bond motifs is 3. The Morgan fingerprint density at radius 3 is 2.87 bits per heavy atom. The second-order valence-corrected chi connectivity index (χ2v) is 7.98. The minimum Gasteiger partial charge on any atom is -0.507 e. The van der Waals surface area contributed by atoms with Crippen LogP contribution in [0.15, 0.2) is 36.4 Å². The molecule has 2 aliphatic rings. The number of rotatable bonds is 4. The number of hydrogen-bond donors (Lipinski definition) is 3. The number of aromatic nitrogens is 3. The van der Waals surface area contributed by atoms with Gasteiger partial charge in [-0.2, -0.15) is 0 Å². The van der Waals surface area contributed by atoms with Crippen LogP contribution in [0, 0.1) is 0 Å². The van der Waals surface area contributed by atoms with Crippen LogP contribution in [-0.2, 0) is 0 Å². The summed E-state index contributed by atoms with van der Waals surface area (Å²) >= 11 is 0. The number of phenols is 1. The maximum absolute atomic E-state index is 14.6. The van der Waals surface area contributed by atoms with Crippen LogP contribution in [0.3, 0.4) is 0 Å². The van der Waals surface area contributed by atoms with Crippen molar-refractivity contribution in [3.05, 3.63) is 42.1 Å². The highest BCUT2D eigenvalue weighted by Gasteiger charge is 2.43. The van der Waals surface area contributed by atoms with Crippen LogP contribution < -0.4 is 15.4 Å². The van der Waals surface area contributed by atoms with E-state index < -0.39 is 12.3 Å². The molecule has 3 N–H and O–H groups in total. The Hall–Kier alpha value is -3.33. The van der Waals surface area contributed by atoms with Crippen molar-refractivity contribution in [2.24, 2.45) is 0 Å². The minimum absolute atomic E-state index is 0.0317. The number of halogens is 1. The number of nitrogens with one attached hydrogen (secondary N) is 2. The molecular formula is C22H22FN5O3. The van der Waals surface area contributed by atoms with E-state index in [0.29, 0.717) is 29.2 Å². The molecule has 160 valence electrons. The predicted molar refractivity (Wildman–Crippen MR) is 112 cm³/mol. The van der Waals surface area contributed by atoms with Crippen LogP contribution in [0.25, 0.3) is 22.2 Å². The lowest BCUT2D eigenvalue weighted by atomic mass is 10.0. The minimum atomic E-state index is -1.07. The zero-order valence-electron chi connectivity index (χ0n) is 16.9. The van der Waals surface area contributed by atoms with E-state index in [0.717, 1.165) is 18.2 Å². The van der Waals surface area contributed by atoms with Crippen molar-refractivity contribution in [2.45, 2.75) is 43.6 Å². The molecule has 5 rings (SSSR count). The van der Waals surface area contributed by atoms with E-state index in [2.05, 4.69) is 25.8 Å². The lowest BCUT2D eigenvalue weighted by Crippen LogP contribution is -2.51. The van der Waals surface area contributed by atoms with Gasteiger partial charge in [-0.3, -0.25) is 4.79 Å². The van der Waals surface area contributed by atoms with E-state index in [1.54, 1.807) is 30.3 Å². The number of nitrogens with zero attached hydrogens (tertiary/aromatic N) is 3. The molecule has 2 saturated heterocycles. The Morgan fingerprint density at radius 2 is 2.10 bits per heavy atom. The number of ether oxygens (including phenoxy) is 1. The molecule has 0 saturated carbocycles. The van der Waals surface area contributed by atoms with Gasteiger partial charge in [-0.15, -0.1) is 10.2 Å². The van der Waals surface area contributed by atoms with Crippen LogP contribution >= 0.6 is 0 Å². The number of amides is 1. The molecule has 0 unspecified atom stereocenters. The molecule has 4 atom stereocenters. The highest BCUT2D eigenvalue weighted by molar-refractivity contribution is 5.96. The van der Waals surface area contributed by atoms with Crippen molar-refractivity contribution in [2.75, 3.05) is 7.05 Å². The summed E-state index contributed by atoms with van der Waals surface area (Å²) in [7, 11) is 1.53. The summed E-state index contributed by atoms with van der Waals surface area (Å²) in [5, 5.41) is 25.3. The Bertz CT molecular complexity index is 1140. The molecule has 9 heteroatoms. The molecule has 1 aromatic carbocycles. The van der Waals surface area contributed by atoms with E-state index in [9.17, 15) is 14.3 Å². The molecule has 2 aromatic heterocycles. The van der Waals surface area contributed by atoms with Crippen LogP contribution in [0.5, 0.6) is 11.6 Å². The van der Waals surface area contributed by atoms with Crippen molar-refractivity contribution in [1.82, 2.24) is 25.8 Å². The molecule has 2 fully saturated rings. The third-order valence-electron chi connectivity index (χ3n) is 5.99. The first-order valence-electron chi connectivity index (χ1n) is 10.3. The van der Waals surface area contributed by atoms with Crippen molar-refractivity contribution < 1.29 is 19.0 Å². The molecule has 1 amide bonds. The number of benzene rings is 1. The fourth-order valence-corrected chi connectivity index (χ4v) is 4.37. The first-order valence-corrected chi connectivity index (χ1v) is 10.3. The van der Waals surface area contributed by atoms with Gasteiger partial charge in [-0.05, 0) is 31.0 Å². The SMILES string of the molecule is CNC(=O)c1ccc2cc(-c3ccc(O[C@@H]4C[C@H]5CC[C@H](N5)[C@@H]4F)nn3)c(O)cc2n1. The van der Waals surface area contributed by atoms with Crippen LogP contribution in [-0.4, -0.2) is 57.6 Å². The largest absolute Gasteiger partial charge is 0.507 e. The lowest BCUT2D eigenvalue weighted by molar-refractivity contribution is 0.0422. The van der Waals surface area contributed by atoms with Crippen LogP contribution in [0.1, 0.15) is 29.8 Å². The van der Waals surface area contributed by atoms with Crippen LogP contribution in [0.2, 0.25) is 0 Å². The second-order valence-electron chi connectivity index (χ2n) is 7.98. The quantitative estimate of drug-likeness (QED) is 0.591. The summed E-state index contributed by atoms with van der Waals surface area (Å²) in [4.78, 5) is 16.0. The summed E-state index contributed by atoms with van der Waals surface area (Å²) < 4.78 is 20.4. The fraction of sp³-hybridized carbons (Fsp3) is 0.364. The second kappa shape index (κ2) is 7.73. The summed E-state index contributed by atoms with van der Waals surface area (Å²) in [5.41, 5.74) is 1.68. The Balaban J connectivity index is 1.37. The lowest BCUT2D eigenvalue weighted by Gasteiger charge is -2.32. The number of carbonyl (C=O) groups is 1. The van der Waals surface area contributed by atoms with Crippen molar-refractivity contribution in [1.29, 1.82) is 0 Å². The number of carbonyl (C=O) groups excluding carboxylic acids is 1. The summed E-state index contributed by atoms with van der Waals surface area (Å²) in [6.45, 7) is 0. The molecule has 4 heterocycles. The first-order chi connectivity index (χ1) is 15.0. The van der Waals surface area contributed by atoms with Gasteiger partial charge in [-0.1, -0.05) is 6.07 Å². The Morgan fingerprint density at radius 1 is 1.23 bits per heavy atom. The van der Waals surface area contributed by atoms with Gasteiger partial charge in [0.2, 0.25) is 5.88 Å². The van der Waals surface area contributed by atoms with E-state index in [1.165, 1.54) is 13.1 Å². The topological polar surface area (TPSA) is 109 Å². The number of aromatic hydroxyl groups is 1. The molecule has 2 bridgehead atoms. The average Bonchev–Trinajstić information content (AvgIpc) is 3.20. The average molecular weight is 423 g/mol. The molecular weight excluding hydrogens is 401 g/mol. The van der Waals surface area contributed by atoms with Gasteiger partial charge in [-0.25, -0.2) is 9.37 Å². The van der Waals surface area contributed by atoms with Crippen LogP contribution in [0.4, 0.5) is 4.39 Å². The van der Waals surface area contributed by atoms with Gasteiger partial charge >= 0.3 is 0 Å². The monoisotopic (exact) mass is 423 g/mol. The number of alkyl halides is 1. The van der Waals surface area contributed by atoms with Gasteiger partial charge in [0.25, 0.3) is 5.91 Å². The van der Waals surface area contributed by atoms with Gasteiger partial charge < -0.3 is 20.5 Å². The first kappa shape index (κ1) is 19.6. The van der Waals surface area contributed by atoms with E-state index in [-0.39, 0.29) is 29.3 Å². The smallest absolute Gasteiger partial charge is 0.269 e. The third-order valence-corrected chi connectivity index (χ3v) is 5.99. The van der Waals surface area contributed by atoms with Gasteiger partial charge in [0.05, 0.1) is 11.2 Å². The standard InChI is InChI=1S/C22H22FN5O3/c1-24-22(30)16-4-2-11-8-13(18(29)10-17(11)26-16)14-6-7-20(28-27-14)31-19-9-12-3-5-15(25-12)21(19)23/h2,4,6-8,10,12,15,19,21,25,29H,3,5,9H2,1H3,(H,24,30)/t12-,15+,19-,21+/m1/s1. The zero-order valence-corrected chi connectivity index (χ0v) is 16.9. The summed E-state index contributed by atoms with van der Waals surface area (Å²) in [5.74, 6) is -0.0742. The highest BCUT2D eigenvalue weighted by Crippen LogP contribution is 2.34. The zero-order chi connectivity index (χ0) is 21.5. The Kier molecular flexibility index (Phi) is 4.90. The molecule has 3 aromatic rings. The highest BCUT2D eigenvalue weighted by atomic mass is 19.1. The third kappa shape index (κ3) is 3.65. The van der Waals surface area contributed by atoms with Gasteiger partial charge in [0.15, 0.2) is 6.17 Å². The molecule has 8 nitrogen and oxygen atoms in total. The molecule has 0 spiro atoms. The predicted octanol–water partition coefficient (Wildman–Crippen LogP) is 2.37. The van der Waals surface area contributed by atoms with E-state index >= 15 is 0 Å². The van der Waals surface area contributed by atoms with E-state index in [4.69, 9.17) is 4.74 Å². The fourth-order valence-electron chi connectivity index (χ4n) is 4.37. The number of piperidine rings is 1. The molecule has 2 aliphatic heterocycles. The summed E-state index contributed by atoms with van der Waals surface area (Å²) in [6.07, 6.45) is 0.802. The Labute approximate surface area is 177 Å². The maximum atomic E-state index is 14.6. The number of hydrogen-bond acceptors (Lipinski definition) is 7. The number of phenolic OH excluding ortho intramolecular Hbond substituents is 1. The molecule has 0 aliphatic carbocycles. The van der Waals surface area contributed by atoms with E-state index in [1.807, 2.05) is 0 Å². The summed E-state index contributed by atoms with van der Waals surface area (Å²) in [6, 6.07) is 10.1. The van der Waals surface area contributed by atoms with Crippen molar-refractivity contribution in [3.63, 3.8) is 0 Å². The normalized spacial score (nSPS) is 24.8.